The molecule has 0 spiro atoms. The number of rotatable bonds is 2. The van der Waals surface area contributed by atoms with Gasteiger partial charge in [-0.3, -0.25) is 0 Å². The third kappa shape index (κ3) is 2.42. The molecule has 1 aromatic heterocycles. The summed E-state index contributed by atoms with van der Waals surface area (Å²) in [6.07, 6.45) is 7.00. The molecule has 1 aromatic rings. The number of nitrogens with zero attached hydrogens (tertiary/aromatic N) is 4. The van der Waals surface area contributed by atoms with Gasteiger partial charge in [-0.25, -0.2) is 14.8 Å². The molecule has 1 saturated heterocycles. The molecule has 0 aromatic carbocycles. The number of hydrogen-bond acceptors (Lipinski definition) is 4. The lowest BCUT2D eigenvalue weighted by molar-refractivity contribution is 0.219. The van der Waals surface area contributed by atoms with Crippen LogP contribution < -0.4 is 10.2 Å². The van der Waals surface area contributed by atoms with Crippen molar-refractivity contribution in [2.24, 2.45) is 11.8 Å². The number of hydrogen-bond donors (Lipinski definition) is 1. The van der Waals surface area contributed by atoms with Crippen LogP contribution in [-0.4, -0.2) is 48.1 Å². The van der Waals surface area contributed by atoms with Gasteiger partial charge in [0.1, 0.15) is 12.0 Å². The second-order valence-electron chi connectivity index (χ2n) is 5.94. The second kappa shape index (κ2) is 5.26. The highest BCUT2D eigenvalue weighted by molar-refractivity contribution is 5.92. The summed E-state index contributed by atoms with van der Waals surface area (Å²) in [6.45, 7) is 1.78. The molecule has 3 rings (SSSR count). The Morgan fingerprint density at radius 3 is 2.70 bits per heavy atom. The van der Waals surface area contributed by atoms with E-state index in [4.69, 9.17) is 0 Å². The van der Waals surface area contributed by atoms with E-state index in [1.165, 1.54) is 25.6 Å². The molecule has 1 saturated carbocycles. The Hall–Kier alpha value is -1.85. The van der Waals surface area contributed by atoms with Crippen molar-refractivity contribution in [3.63, 3.8) is 0 Å². The molecular weight excluding hydrogens is 254 g/mol. The highest BCUT2D eigenvalue weighted by Gasteiger charge is 2.38. The van der Waals surface area contributed by atoms with Gasteiger partial charge in [0, 0.05) is 27.2 Å². The van der Waals surface area contributed by atoms with Crippen molar-refractivity contribution in [1.29, 1.82) is 0 Å². The van der Waals surface area contributed by atoms with Crippen molar-refractivity contribution in [1.82, 2.24) is 14.9 Å². The number of urea groups is 1. The van der Waals surface area contributed by atoms with Crippen molar-refractivity contribution in [2.45, 2.75) is 19.3 Å². The standard InChI is InChI=1S/C14H21N5O/c1-18(2)13-12(6-15-9-16-13)17-14(20)19-7-10-4-3-5-11(10)8-19/h6,9-11H,3-5,7-8H2,1-2H3,(H,17,20). The normalized spacial score (nSPS) is 24.6. The van der Waals surface area contributed by atoms with Crippen LogP contribution in [0.15, 0.2) is 12.5 Å². The first-order valence-corrected chi connectivity index (χ1v) is 7.18. The summed E-state index contributed by atoms with van der Waals surface area (Å²) in [4.78, 5) is 24.4. The molecule has 2 unspecified atom stereocenters. The van der Waals surface area contributed by atoms with Crippen LogP contribution >= 0.6 is 0 Å². The van der Waals surface area contributed by atoms with Gasteiger partial charge < -0.3 is 15.1 Å². The van der Waals surface area contributed by atoms with Crippen LogP contribution in [0.2, 0.25) is 0 Å². The Morgan fingerprint density at radius 1 is 1.35 bits per heavy atom. The van der Waals surface area contributed by atoms with E-state index >= 15 is 0 Å². The predicted molar refractivity (Wildman–Crippen MR) is 77.8 cm³/mol. The van der Waals surface area contributed by atoms with Gasteiger partial charge in [0.2, 0.25) is 0 Å². The minimum Gasteiger partial charge on any atom is -0.361 e. The zero-order valence-electron chi connectivity index (χ0n) is 12.0. The molecule has 2 fully saturated rings. The molecule has 0 bridgehead atoms. The molecule has 108 valence electrons. The van der Waals surface area contributed by atoms with Gasteiger partial charge in [0.25, 0.3) is 0 Å². The molecule has 6 heteroatoms. The first-order chi connectivity index (χ1) is 9.65. The molecule has 20 heavy (non-hydrogen) atoms. The van der Waals surface area contributed by atoms with Crippen LogP contribution in [0.3, 0.4) is 0 Å². The Balaban J connectivity index is 1.68. The molecule has 6 nitrogen and oxygen atoms in total. The fourth-order valence-electron chi connectivity index (χ4n) is 3.36. The Labute approximate surface area is 119 Å². The van der Waals surface area contributed by atoms with Gasteiger partial charge in [-0.05, 0) is 24.7 Å². The van der Waals surface area contributed by atoms with Crippen LogP contribution in [0.4, 0.5) is 16.3 Å². The average molecular weight is 275 g/mol. The molecular formula is C14H21N5O. The molecule has 1 aliphatic heterocycles. The highest BCUT2D eigenvalue weighted by Crippen LogP contribution is 2.37. The second-order valence-corrected chi connectivity index (χ2v) is 5.94. The molecule has 1 aliphatic carbocycles. The lowest BCUT2D eigenvalue weighted by Crippen LogP contribution is -2.34. The van der Waals surface area contributed by atoms with E-state index in [2.05, 4.69) is 15.3 Å². The molecule has 0 radical (unpaired) electrons. The number of fused-ring (bicyclic) bond motifs is 1. The number of amides is 2. The van der Waals surface area contributed by atoms with Crippen LogP contribution in [0.1, 0.15) is 19.3 Å². The average Bonchev–Trinajstić information content (AvgIpc) is 2.99. The molecule has 2 atom stereocenters. The van der Waals surface area contributed by atoms with Crippen molar-refractivity contribution < 1.29 is 4.79 Å². The third-order valence-electron chi connectivity index (χ3n) is 4.37. The van der Waals surface area contributed by atoms with E-state index in [-0.39, 0.29) is 6.03 Å². The Kier molecular flexibility index (Phi) is 3.46. The van der Waals surface area contributed by atoms with E-state index in [9.17, 15) is 4.79 Å². The van der Waals surface area contributed by atoms with Crippen LogP contribution in [0, 0.1) is 11.8 Å². The molecule has 2 heterocycles. The van der Waals surface area contributed by atoms with Gasteiger partial charge in [0.05, 0.1) is 6.20 Å². The summed E-state index contributed by atoms with van der Waals surface area (Å²) in [6, 6.07) is -0.0303. The monoisotopic (exact) mass is 275 g/mol. The van der Waals surface area contributed by atoms with Crippen molar-refractivity contribution in [3.05, 3.63) is 12.5 Å². The number of likely N-dealkylation sites (tertiary alicyclic amines) is 1. The number of aromatic nitrogens is 2. The van der Waals surface area contributed by atoms with Crippen LogP contribution in [0.25, 0.3) is 0 Å². The van der Waals surface area contributed by atoms with Gasteiger partial charge >= 0.3 is 6.03 Å². The topological polar surface area (TPSA) is 61.4 Å². The fraction of sp³-hybridized carbons (Fsp3) is 0.643. The molecule has 2 aliphatic rings. The van der Waals surface area contributed by atoms with E-state index < -0.39 is 0 Å². The van der Waals surface area contributed by atoms with Gasteiger partial charge in [-0.2, -0.15) is 0 Å². The minimum absolute atomic E-state index is 0.0303. The van der Waals surface area contributed by atoms with Crippen LogP contribution in [0.5, 0.6) is 0 Å². The highest BCUT2D eigenvalue weighted by atomic mass is 16.2. The van der Waals surface area contributed by atoms with Crippen LogP contribution in [-0.2, 0) is 0 Å². The number of carbonyl (C=O) groups is 1. The largest absolute Gasteiger partial charge is 0.361 e. The Morgan fingerprint density at radius 2 is 2.05 bits per heavy atom. The zero-order chi connectivity index (χ0) is 14.1. The number of carbonyl (C=O) groups excluding carboxylic acids is 1. The third-order valence-corrected chi connectivity index (χ3v) is 4.37. The maximum Gasteiger partial charge on any atom is 0.322 e. The summed E-state index contributed by atoms with van der Waals surface area (Å²) < 4.78 is 0. The summed E-state index contributed by atoms with van der Waals surface area (Å²) in [7, 11) is 3.80. The maximum absolute atomic E-state index is 12.4. The summed E-state index contributed by atoms with van der Waals surface area (Å²) >= 11 is 0. The van der Waals surface area contributed by atoms with Gasteiger partial charge in [-0.15, -0.1) is 0 Å². The predicted octanol–water partition coefficient (Wildman–Crippen LogP) is 1.81. The zero-order valence-corrected chi connectivity index (χ0v) is 12.0. The summed E-state index contributed by atoms with van der Waals surface area (Å²) in [5.41, 5.74) is 0.666. The van der Waals surface area contributed by atoms with Gasteiger partial charge in [0.15, 0.2) is 5.82 Å². The van der Waals surface area contributed by atoms with Crippen molar-refractivity contribution >= 4 is 17.5 Å². The van der Waals surface area contributed by atoms with E-state index in [1.807, 2.05) is 23.9 Å². The van der Waals surface area contributed by atoms with Crippen molar-refractivity contribution in [2.75, 3.05) is 37.4 Å². The smallest absolute Gasteiger partial charge is 0.322 e. The molecule has 1 N–H and O–H groups in total. The lowest BCUT2D eigenvalue weighted by Gasteiger charge is -2.20. The van der Waals surface area contributed by atoms with E-state index in [0.29, 0.717) is 17.5 Å². The first kappa shape index (κ1) is 13.1. The number of nitrogens with one attached hydrogen (secondary N) is 1. The van der Waals surface area contributed by atoms with Gasteiger partial charge in [-0.1, -0.05) is 6.42 Å². The summed E-state index contributed by atoms with van der Waals surface area (Å²) in [5.74, 6) is 2.15. The fourth-order valence-corrected chi connectivity index (χ4v) is 3.36. The molecule has 2 amide bonds. The quantitative estimate of drug-likeness (QED) is 0.894. The van der Waals surface area contributed by atoms with Crippen molar-refractivity contribution in [3.8, 4) is 0 Å². The Bertz CT molecular complexity index is 492. The first-order valence-electron chi connectivity index (χ1n) is 7.18. The van der Waals surface area contributed by atoms with E-state index in [1.54, 1.807) is 6.20 Å². The summed E-state index contributed by atoms with van der Waals surface area (Å²) in [5, 5.41) is 2.94. The lowest BCUT2D eigenvalue weighted by atomic mass is 10.0. The number of anilines is 2. The SMILES string of the molecule is CN(C)c1ncncc1NC(=O)N1CC2CCCC2C1. The maximum atomic E-state index is 12.4. The minimum atomic E-state index is -0.0303. The van der Waals surface area contributed by atoms with E-state index in [0.717, 1.165) is 18.9 Å².